The van der Waals surface area contributed by atoms with Gasteiger partial charge in [0, 0.05) is 9.26 Å². The molecule has 0 heterocycles. The van der Waals surface area contributed by atoms with E-state index in [-0.39, 0.29) is 18.8 Å². The quantitative estimate of drug-likeness (QED) is 0.603. The Hall–Kier alpha value is -0.830. The number of sulfonamides is 1. The second kappa shape index (κ2) is 6.93. The maximum absolute atomic E-state index is 11.7. The summed E-state index contributed by atoms with van der Waals surface area (Å²) in [5, 5.41) is 0. The minimum absolute atomic E-state index is 0.146. The molecular weight excluding hydrogens is 369 g/mol. The van der Waals surface area contributed by atoms with E-state index in [0.29, 0.717) is 5.69 Å². The topological polar surface area (TPSA) is 72.5 Å². The van der Waals surface area contributed by atoms with Crippen LogP contribution in [-0.2, 0) is 19.6 Å². The Morgan fingerprint density at radius 2 is 2.17 bits per heavy atom. The van der Waals surface area contributed by atoms with Gasteiger partial charge >= 0.3 is 5.97 Å². The van der Waals surface area contributed by atoms with Crippen molar-refractivity contribution < 1.29 is 17.9 Å². The molecule has 1 rings (SSSR count). The van der Waals surface area contributed by atoms with Gasteiger partial charge in [0.1, 0.15) is 0 Å². The van der Waals surface area contributed by atoms with Crippen LogP contribution in [0.15, 0.2) is 24.3 Å². The van der Waals surface area contributed by atoms with Crippen molar-refractivity contribution in [2.45, 2.75) is 13.3 Å². The Morgan fingerprint density at radius 3 is 2.78 bits per heavy atom. The van der Waals surface area contributed by atoms with Gasteiger partial charge in [-0.25, -0.2) is 8.42 Å². The van der Waals surface area contributed by atoms with Crippen LogP contribution in [0.2, 0.25) is 0 Å². The van der Waals surface area contributed by atoms with Crippen molar-refractivity contribution in [3.63, 3.8) is 0 Å². The maximum Gasteiger partial charge on any atom is 0.306 e. The van der Waals surface area contributed by atoms with Crippen molar-refractivity contribution in [2.75, 3.05) is 17.1 Å². The summed E-state index contributed by atoms with van der Waals surface area (Å²) >= 11 is 2.09. The number of benzene rings is 1. The molecule has 0 atom stereocenters. The SMILES string of the molecule is CCOC(=O)CCS(=O)(=O)Nc1cccc(I)c1. The summed E-state index contributed by atoms with van der Waals surface area (Å²) < 4.78 is 31.4. The molecule has 18 heavy (non-hydrogen) atoms. The monoisotopic (exact) mass is 383 g/mol. The van der Waals surface area contributed by atoms with Gasteiger partial charge in [0.25, 0.3) is 0 Å². The average molecular weight is 383 g/mol. The van der Waals surface area contributed by atoms with Crippen LogP contribution < -0.4 is 4.72 Å². The highest BCUT2D eigenvalue weighted by molar-refractivity contribution is 14.1. The molecule has 0 radical (unpaired) electrons. The fourth-order valence-corrected chi connectivity index (χ4v) is 2.80. The van der Waals surface area contributed by atoms with Crippen LogP contribution in [0, 0.1) is 3.57 Å². The summed E-state index contributed by atoms with van der Waals surface area (Å²) in [5.74, 6) is -0.789. The summed E-state index contributed by atoms with van der Waals surface area (Å²) in [7, 11) is -3.52. The number of ether oxygens (including phenoxy) is 1. The fourth-order valence-electron chi connectivity index (χ4n) is 1.23. The Bertz CT molecular complexity index is 516. The molecule has 0 saturated heterocycles. The molecule has 0 bridgehead atoms. The largest absolute Gasteiger partial charge is 0.466 e. The first kappa shape index (κ1) is 15.2. The van der Waals surface area contributed by atoms with Crippen molar-refractivity contribution in [1.82, 2.24) is 0 Å². The molecule has 0 aliphatic carbocycles. The Kier molecular flexibility index (Phi) is 5.86. The minimum Gasteiger partial charge on any atom is -0.466 e. The molecule has 0 aliphatic heterocycles. The number of nitrogens with one attached hydrogen (secondary N) is 1. The number of anilines is 1. The predicted molar refractivity (Wildman–Crippen MR) is 77.8 cm³/mol. The summed E-state index contributed by atoms with van der Waals surface area (Å²) in [6, 6.07) is 6.98. The van der Waals surface area contributed by atoms with E-state index in [1.54, 1.807) is 25.1 Å². The predicted octanol–water partition coefficient (Wildman–Crippen LogP) is 1.99. The lowest BCUT2D eigenvalue weighted by atomic mass is 10.3. The molecular formula is C11H14INO4S. The van der Waals surface area contributed by atoms with Gasteiger partial charge in [-0.05, 0) is 47.7 Å². The molecule has 0 spiro atoms. The molecule has 0 aromatic heterocycles. The van der Waals surface area contributed by atoms with Crippen LogP contribution in [-0.4, -0.2) is 26.7 Å². The van der Waals surface area contributed by atoms with Crippen LogP contribution in [0.25, 0.3) is 0 Å². The average Bonchev–Trinajstić information content (AvgIpc) is 2.26. The normalized spacial score (nSPS) is 11.0. The van der Waals surface area contributed by atoms with E-state index in [0.717, 1.165) is 3.57 Å². The molecule has 0 unspecified atom stereocenters. The Labute approximate surface area is 120 Å². The lowest BCUT2D eigenvalue weighted by Gasteiger charge is -2.08. The lowest BCUT2D eigenvalue weighted by molar-refractivity contribution is -0.142. The third-order valence-electron chi connectivity index (χ3n) is 1.98. The second-order valence-electron chi connectivity index (χ2n) is 3.49. The molecule has 0 fully saturated rings. The first-order valence-corrected chi connectivity index (χ1v) is 8.08. The van der Waals surface area contributed by atoms with Gasteiger partial charge in [0.2, 0.25) is 10.0 Å². The molecule has 100 valence electrons. The highest BCUT2D eigenvalue weighted by Gasteiger charge is 2.14. The molecule has 5 nitrogen and oxygen atoms in total. The minimum atomic E-state index is -3.52. The van der Waals surface area contributed by atoms with Crippen LogP contribution in [0.3, 0.4) is 0 Å². The van der Waals surface area contributed by atoms with E-state index in [2.05, 4.69) is 32.0 Å². The summed E-state index contributed by atoms with van der Waals surface area (Å²) in [6.45, 7) is 1.93. The number of hydrogen-bond donors (Lipinski definition) is 1. The molecule has 7 heteroatoms. The van der Waals surface area contributed by atoms with Crippen molar-refractivity contribution in [3.05, 3.63) is 27.8 Å². The van der Waals surface area contributed by atoms with Crippen molar-refractivity contribution >= 4 is 44.3 Å². The smallest absolute Gasteiger partial charge is 0.306 e. The van der Waals surface area contributed by atoms with Gasteiger partial charge < -0.3 is 4.74 Å². The van der Waals surface area contributed by atoms with Crippen molar-refractivity contribution in [2.24, 2.45) is 0 Å². The van der Waals surface area contributed by atoms with E-state index in [9.17, 15) is 13.2 Å². The Balaban J connectivity index is 2.57. The maximum atomic E-state index is 11.7. The van der Waals surface area contributed by atoms with Gasteiger partial charge in [-0.1, -0.05) is 6.07 Å². The number of rotatable bonds is 6. The molecule has 0 amide bonds. The first-order valence-electron chi connectivity index (χ1n) is 5.34. The van der Waals surface area contributed by atoms with E-state index in [4.69, 9.17) is 0 Å². The van der Waals surface area contributed by atoms with Gasteiger partial charge in [-0.3, -0.25) is 9.52 Å². The molecule has 1 N–H and O–H groups in total. The third kappa shape index (κ3) is 5.67. The standard InChI is InChI=1S/C11H14INO4S/c1-2-17-11(14)6-7-18(15,16)13-10-5-3-4-9(12)8-10/h3-5,8,13H,2,6-7H2,1H3. The van der Waals surface area contributed by atoms with Crippen LogP contribution in [0.1, 0.15) is 13.3 Å². The first-order chi connectivity index (χ1) is 8.43. The highest BCUT2D eigenvalue weighted by atomic mass is 127. The molecule has 0 aliphatic rings. The van der Waals surface area contributed by atoms with Gasteiger partial charge in [0.15, 0.2) is 0 Å². The van der Waals surface area contributed by atoms with Crippen LogP contribution in [0.5, 0.6) is 0 Å². The van der Waals surface area contributed by atoms with Crippen molar-refractivity contribution in [3.8, 4) is 0 Å². The van der Waals surface area contributed by atoms with Gasteiger partial charge in [-0.15, -0.1) is 0 Å². The molecule has 1 aromatic carbocycles. The van der Waals surface area contributed by atoms with Crippen molar-refractivity contribution in [1.29, 1.82) is 0 Å². The number of esters is 1. The Morgan fingerprint density at radius 1 is 1.44 bits per heavy atom. The fraction of sp³-hybridized carbons (Fsp3) is 0.364. The van der Waals surface area contributed by atoms with E-state index >= 15 is 0 Å². The number of hydrogen-bond acceptors (Lipinski definition) is 4. The van der Waals surface area contributed by atoms with Gasteiger partial charge in [0.05, 0.1) is 18.8 Å². The zero-order valence-corrected chi connectivity index (χ0v) is 12.8. The second-order valence-corrected chi connectivity index (χ2v) is 6.57. The summed E-state index contributed by atoms with van der Waals surface area (Å²) in [4.78, 5) is 11.1. The van der Waals surface area contributed by atoms with Gasteiger partial charge in [-0.2, -0.15) is 0 Å². The molecule has 1 aromatic rings. The van der Waals surface area contributed by atoms with E-state index in [1.807, 2.05) is 6.07 Å². The summed E-state index contributed by atoms with van der Waals surface area (Å²) in [5.41, 5.74) is 0.491. The third-order valence-corrected chi connectivity index (χ3v) is 3.94. The van der Waals surface area contributed by atoms with E-state index in [1.165, 1.54) is 0 Å². The number of halogens is 1. The zero-order chi connectivity index (χ0) is 13.6. The van der Waals surface area contributed by atoms with Crippen LogP contribution in [0.4, 0.5) is 5.69 Å². The summed E-state index contributed by atoms with van der Waals surface area (Å²) in [6.07, 6.45) is -0.146. The highest BCUT2D eigenvalue weighted by Crippen LogP contribution is 2.14. The molecule has 0 saturated carbocycles. The number of carbonyl (C=O) groups is 1. The zero-order valence-electron chi connectivity index (χ0n) is 9.85. The lowest BCUT2D eigenvalue weighted by Crippen LogP contribution is -2.20. The van der Waals surface area contributed by atoms with E-state index < -0.39 is 16.0 Å². The van der Waals surface area contributed by atoms with Crippen LogP contribution >= 0.6 is 22.6 Å². The number of carbonyl (C=O) groups excluding carboxylic acids is 1.